The maximum absolute atomic E-state index is 10.0. The third kappa shape index (κ3) is 21.7. The Labute approximate surface area is 519 Å². The summed E-state index contributed by atoms with van der Waals surface area (Å²) >= 11 is 0. The summed E-state index contributed by atoms with van der Waals surface area (Å²) in [6.45, 7) is 13.3. The van der Waals surface area contributed by atoms with Crippen LogP contribution in [0.15, 0.2) is 249 Å². The molecule has 413 valence electrons. The van der Waals surface area contributed by atoms with E-state index in [0.717, 1.165) is 67.3 Å². The number of nitrogens with zero attached hydrogens (tertiary/aromatic N) is 4. The molecule has 0 unspecified atom stereocenters. The summed E-state index contributed by atoms with van der Waals surface area (Å²) in [5.41, 5.74) is 21.1. The molecule has 0 saturated carbocycles. The van der Waals surface area contributed by atoms with Crippen molar-refractivity contribution >= 4 is 5.78 Å². The van der Waals surface area contributed by atoms with Crippen LogP contribution in [0.1, 0.15) is 41.7 Å². The van der Waals surface area contributed by atoms with Crippen molar-refractivity contribution in [2.45, 2.75) is 48.5 Å². The second-order valence-corrected chi connectivity index (χ2v) is 18.6. The van der Waals surface area contributed by atoms with E-state index in [0.29, 0.717) is 0 Å². The smallest absolute Gasteiger partial charge is 0.155 e. The van der Waals surface area contributed by atoms with Gasteiger partial charge >= 0.3 is 0 Å². The molecule has 4 heterocycles. The van der Waals surface area contributed by atoms with Gasteiger partial charge in [0.1, 0.15) is 0 Å². The molecule has 0 saturated heterocycles. The molecule has 0 atom stereocenters. The fraction of sp³-hybridized carbons (Fsp3) is 0.0972. The molecular weight excluding hydrogens is 1530 g/mol. The molecule has 11 aromatic rings. The first kappa shape index (κ1) is 65.8. The molecule has 0 fully saturated rings. The number of ketones is 1. The Bertz CT molecular complexity index is 3410. The summed E-state index contributed by atoms with van der Waals surface area (Å²) < 4.78 is 0. The number of allylic oxidation sites excluding steroid dienone is 2. The van der Waals surface area contributed by atoms with E-state index in [9.17, 15) is 4.79 Å². The summed E-state index contributed by atoms with van der Waals surface area (Å²) in [6, 6.07) is 84.8. The second-order valence-electron chi connectivity index (χ2n) is 18.6. The van der Waals surface area contributed by atoms with Gasteiger partial charge in [0.05, 0.1) is 5.76 Å². The molecule has 3 radical (unpaired) electrons. The van der Waals surface area contributed by atoms with E-state index in [4.69, 9.17) is 5.11 Å². The van der Waals surface area contributed by atoms with Crippen molar-refractivity contribution in [3.8, 4) is 78.4 Å². The predicted molar refractivity (Wildman–Crippen MR) is 321 cm³/mol. The van der Waals surface area contributed by atoms with Gasteiger partial charge in [-0.25, -0.2) is 0 Å². The maximum Gasteiger partial charge on any atom is 0.155 e. The number of hydrogen-bond donors (Lipinski definition) is 1. The SMILES string of the molecule is CC(=O)C=C(C)O.Cc1[c-]c(-c2ccc(-c3ccccc3)cn2)cc(C)c1.Cc1[c-]c(-c2ccc(-c3ccccc3)cn2)cc(C)c1.Cc1ccc(-c2ccnc(-c3[c-]cccc3)c2)cc1.[Ir].[Ir].[Ir].[c-]1ccccc1-c1ccccn1. The van der Waals surface area contributed by atoms with Crippen LogP contribution in [0.3, 0.4) is 0 Å². The first-order chi connectivity index (χ1) is 37.9. The van der Waals surface area contributed by atoms with E-state index in [1.54, 1.807) is 6.20 Å². The monoisotopic (exact) mass is 1590 g/mol. The normalized spacial score (nSPS) is 10.0. The molecule has 1 N–H and O–H groups in total. The van der Waals surface area contributed by atoms with Gasteiger partial charge < -0.3 is 25.0 Å². The van der Waals surface area contributed by atoms with Crippen LogP contribution in [-0.4, -0.2) is 30.8 Å². The number of benzene rings is 7. The van der Waals surface area contributed by atoms with Gasteiger partial charge in [-0.2, -0.15) is 0 Å². The van der Waals surface area contributed by atoms with Crippen LogP contribution >= 0.6 is 0 Å². The van der Waals surface area contributed by atoms with E-state index in [2.05, 4.69) is 182 Å². The van der Waals surface area contributed by atoms with Crippen LogP contribution in [0.4, 0.5) is 0 Å². The van der Waals surface area contributed by atoms with Crippen LogP contribution in [-0.2, 0) is 65.1 Å². The molecule has 0 amide bonds. The zero-order chi connectivity index (χ0) is 55.1. The topological polar surface area (TPSA) is 88.9 Å². The largest absolute Gasteiger partial charge is 0.512 e. The third-order valence-electron chi connectivity index (χ3n) is 11.8. The third-order valence-corrected chi connectivity index (χ3v) is 11.8. The van der Waals surface area contributed by atoms with Crippen LogP contribution in [0, 0.1) is 58.9 Å². The Morgan fingerprint density at radius 3 is 1.21 bits per heavy atom. The number of carbonyl (C=O) groups is 1. The van der Waals surface area contributed by atoms with Crippen molar-refractivity contribution in [3.05, 3.63) is 301 Å². The number of aromatic nitrogens is 4. The molecular formula is C72H62Ir3N4O2-4. The summed E-state index contributed by atoms with van der Waals surface area (Å²) in [4.78, 5) is 27.8. The zero-order valence-corrected chi connectivity index (χ0v) is 53.4. The number of carbonyl (C=O) groups excluding carboxylic acids is 1. The molecule has 0 aliphatic carbocycles. The first-order valence-corrected chi connectivity index (χ1v) is 25.7. The molecule has 0 spiro atoms. The van der Waals surface area contributed by atoms with Gasteiger partial charge in [-0.1, -0.05) is 161 Å². The van der Waals surface area contributed by atoms with Gasteiger partial charge in [-0.15, -0.1) is 142 Å². The minimum Gasteiger partial charge on any atom is -0.512 e. The van der Waals surface area contributed by atoms with Crippen molar-refractivity contribution < 1.29 is 70.2 Å². The molecule has 0 aliphatic rings. The summed E-state index contributed by atoms with van der Waals surface area (Å²) in [7, 11) is 0. The van der Waals surface area contributed by atoms with Gasteiger partial charge in [0.15, 0.2) is 5.78 Å². The molecule has 11 rings (SSSR count). The minimum absolute atomic E-state index is 0. The molecule has 4 aromatic heterocycles. The predicted octanol–water partition coefficient (Wildman–Crippen LogP) is 17.8. The molecule has 81 heavy (non-hydrogen) atoms. The first-order valence-electron chi connectivity index (χ1n) is 25.7. The van der Waals surface area contributed by atoms with E-state index in [-0.39, 0.29) is 71.9 Å². The van der Waals surface area contributed by atoms with E-state index in [1.807, 2.05) is 128 Å². The second kappa shape index (κ2) is 34.4. The summed E-state index contributed by atoms with van der Waals surface area (Å²) in [6.07, 6.45) is 8.66. The molecule has 0 bridgehead atoms. The van der Waals surface area contributed by atoms with Gasteiger partial charge in [0.25, 0.3) is 0 Å². The average molecular weight is 1590 g/mol. The summed E-state index contributed by atoms with van der Waals surface area (Å²) in [5, 5.41) is 8.36. The molecule has 9 heteroatoms. The van der Waals surface area contributed by atoms with Gasteiger partial charge in [0, 0.05) is 91.2 Å². The number of aliphatic hydroxyl groups excluding tert-OH is 1. The number of pyridine rings is 4. The Kier molecular flexibility index (Phi) is 28.0. The quantitative estimate of drug-likeness (QED) is 0.0926. The van der Waals surface area contributed by atoms with Gasteiger partial charge in [-0.05, 0) is 89.1 Å². The van der Waals surface area contributed by atoms with Crippen LogP contribution < -0.4 is 0 Å². The van der Waals surface area contributed by atoms with E-state index < -0.39 is 0 Å². The Balaban J connectivity index is 0.000000223. The Morgan fingerprint density at radius 1 is 0.383 bits per heavy atom. The van der Waals surface area contributed by atoms with Crippen LogP contribution in [0.5, 0.6) is 0 Å². The Hall–Kier alpha value is -7.70. The van der Waals surface area contributed by atoms with E-state index >= 15 is 0 Å². The maximum atomic E-state index is 10.0. The number of aliphatic hydroxyl groups is 1. The molecule has 6 nitrogen and oxygen atoms in total. The van der Waals surface area contributed by atoms with Crippen molar-refractivity contribution in [2.75, 3.05) is 0 Å². The fourth-order valence-corrected chi connectivity index (χ4v) is 8.20. The number of aryl methyl sites for hydroxylation is 5. The van der Waals surface area contributed by atoms with E-state index in [1.165, 1.54) is 58.9 Å². The van der Waals surface area contributed by atoms with Gasteiger partial charge in [-0.3, -0.25) is 4.79 Å². The molecule has 0 aliphatic heterocycles. The molecule has 7 aromatic carbocycles. The fourth-order valence-electron chi connectivity index (χ4n) is 8.20. The van der Waals surface area contributed by atoms with Crippen molar-refractivity contribution in [1.29, 1.82) is 0 Å². The number of rotatable bonds is 8. The van der Waals surface area contributed by atoms with Crippen LogP contribution in [0.25, 0.3) is 78.4 Å². The zero-order valence-electron chi connectivity index (χ0n) is 46.2. The minimum atomic E-state index is -0.125. The summed E-state index contributed by atoms with van der Waals surface area (Å²) in [5.74, 6) is -0.0625. The van der Waals surface area contributed by atoms with Crippen molar-refractivity contribution in [3.63, 3.8) is 0 Å². The average Bonchev–Trinajstić information content (AvgIpc) is 3.47. The van der Waals surface area contributed by atoms with Crippen molar-refractivity contribution in [2.24, 2.45) is 0 Å². The Morgan fingerprint density at radius 2 is 0.815 bits per heavy atom. The van der Waals surface area contributed by atoms with Crippen molar-refractivity contribution in [1.82, 2.24) is 19.9 Å². The standard InChI is InChI=1S/2C19H16N.C18H14N.C11H8N.C5H8O2.3Ir/c2*1-14-10-15(2)12-18(11-14)19-9-8-17(13-20-19)16-6-4-3-5-7-16;1-14-7-9-15(10-8-14)17-11-12-19-18(13-17)16-5-3-2-4-6-16;1-2-6-10(7-3-1)11-8-4-5-9-12-11;1-4(6)3-5(2)7;;;/h2*3-11,13H,1-2H3;2-5,7-13H,1H3;1-6,8-9H;3,6H,1-2H3;;;/q4*-1;;;;. The van der Waals surface area contributed by atoms with Gasteiger partial charge in [0.2, 0.25) is 0 Å². The number of hydrogen-bond acceptors (Lipinski definition) is 6. The van der Waals surface area contributed by atoms with Crippen LogP contribution in [0.2, 0.25) is 0 Å².